The van der Waals surface area contributed by atoms with Crippen molar-refractivity contribution >= 4 is 0 Å². The quantitative estimate of drug-likeness (QED) is 0.899. The highest BCUT2D eigenvalue weighted by atomic mass is 16.5. The molecule has 0 amide bonds. The zero-order chi connectivity index (χ0) is 14.0. The number of hydrogen-bond acceptors (Lipinski definition) is 4. The first-order valence-electron chi connectivity index (χ1n) is 7.05. The highest BCUT2D eigenvalue weighted by Gasteiger charge is 2.31. The molecule has 1 atom stereocenters. The van der Waals surface area contributed by atoms with Crippen molar-refractivity contribution in [3.05, 3.63) is 18.0 Å². The maximum absolute atomic E-state index is 5.99. The van der Waals surface area contributed by atoms with Gasteiger partial charge in [-0.05, 0) is 27.7 Å². The number of rotatable bonds is 4. The predicted molar refractivity (Wildman–Crippen MR) is 76.0 cm³/mol. The number of ether oxygens (including phenoxy) is 1. The van der Waals surface area contributed by atoms with Gasteiger partial charge < -0.3 is 10.5 Å². The van der Waals surface area contributed by atoms with Crippen molar-refractivity contribution in [2.24, 2.45) is 5.73 Å². The molecule has 108 valence electrons. The Labute approximate surface area is 115 Å². The molecule has 2 rings (SSSR count). The molecule has 19 heavy (non-hydrogen) atoms. The van der Waals surface area contributed by atoms with Crippen LogP contribution in [0.2, 0.25) is 0 Å². The summed E-state index contributed by atoms with van der Waals surface area (Å²) in [7, 11) is 0. The molecular formula is C14H26N4O. The van der Waals surface area contributed by atoms with Gasteiger partial charge >= 0.3 is 0 Å². The van der Waals surface area contributed by atoms with E-state index in [1.807, 2.05) is 10.9 Å². The highest BCUT2D eigenvalue weighted by Crippen LogP contribution is 2.26. The lowest BCUT2D eigenvalue weighted by atomic mass is 10.0. The van der Waals surface area contributed by atoms with Gasteiger partial charge in [-0.3, -0.25) is 9.58 Å². The van der Waals surface area contributed by atoms with Gasteiger partial charge in [0.15, 0.2) is 0 Å². The summed E-state index contributed by atoms with van der Waals surface area (Å²) < 4.78 is 7.76. The van der Waals surface area contributed by atoms with Crippen molar-refractivity contribution in [2.75, 3.05) is 26.2 Å². The Kier molecular flexibility index (Phi) is 4.28. The van der Waals surface area contributed by atoms with Gasteiger partial charge in [-0.25, -0.2) is 0 Å². The molecule has 1 aliphatic heterocycles. The average molecular weight is 266 g/mol. The van der Waals surface area contributed by atoms with Gasteiger partial charge in [-0.1, -0.05) is 0 Å². The van der Waals surface area contributed by atoms with E-state index >= 15 is 0 Å². The minimum absolute atomic E-state index is 0.0975. The fourth-order valence-corrected chi connectivity index (χ4v) is 2.62. The van der Waals surface area contributed by atoms with Crippen LogP contribution in [0.3, 0.4) is 0 Å². The van der Waals surface area contributed by atoms with Crippen molar-refractivity contribution in [2.45, 2.75) is 45.4 Å². The summed E-state index contributed by atoms with van der Waals surface area (Å²) in [5, 5.41) is 4.42. The zero-order valence-electron chi connectivity index (χ0n) is 12.5. The van der Waals surface area contributed by atoms with Gasteiger partial charge in [-0.15, -0.1) is 0 Å². The number of nitrogens with zero attached hydrogens (tertiary/aromatic N) is 3. The second-order valence-corrected chi connectivity index (χ2v) is 6.18. The fourth-order valence-electron chi connectivity index (χ4n) is 2.62. The first kappa shape index (κ1) is 14.5. The number of morpholine rings is 1. The SMILES string of the molecule is CC(C)n1cc(C(CN)N2CCOC(C)(C)C2)cn1. The van der Waals surface area contributed by atoms with Crippen LogP contribution in [0.1, 0.15) is 45.3 Å². The number of aromatic nitrogens is 2. The summed E-state index contributed by atoms with van der Waals surface area (Å²) in [5.74, 6) is 0. The summed E-state index contributed by atoms with van der Waals surface area (Å²) >= 11 is 0. The van der Waals surface area contributed by atoms with Crippen molar-refractivity contribution in [3.8, 4) is 0 Å². The summed E-state index contributed by atoms with van der Waals surface area (Å²) in [6.45, 7) is 11.7. The monoisotopic (exact) mass is 266 g/mol. The minimum Gasteiger partial charge on any atom is -0.373 e. The molecule has 5 heteroatoms. The molecular weight excluding hydrogens is 240 g/mol. The summed E-state index contributed by atoms with van der Waals surface area (Å²) in [4.78, 5) is 2.41. The standard InChI is InChI=1S/C14H26N4O/c1-11(2)18-9-12(8-16-18)13(7-15)17-5-6-19-14(3,4)10-17/h8-9,11,13H,5-7,10,15H2,1-4H3. The van der Waals surface area contributed by atoms with E-state index in [2.05, 4.69) is 43.9 Å². The van der Waals surface area contributed by atoms with E-state index < -0.39 is 0 Å². The van der Waals surface area contributed by atoms with Gasteiger partial charge in [-0.2, -0.15) is 5.10 Å². The van der Waals surface area contributed by atoms with Crippen molar-refractivity contribution in [1.29, 1.82) is 0 Å². The van der Waals surface area contributed by atoms with Crippen molar-refractivity contribution in [3.63, 3.8) is 0 Å². The van der Waals surface area contributed by atoms with Crippen molar-refractivity contribution < 1.29 is 4.74 Å². The molecule has 1 aliphatic rings. The molecule has 1 fully saturated rings. The third-order valence-corrected chi connectivity index (χ3v) is 3.65. The van der Waals surface area contributed by atoms with Gasteiger partial charge in [0.25, 0.3) is 0 Å². The molecule has 2 heterocycles. The lowest BCUT2D eigenvalue weighted by Gasteiger charge is -2.41. The van der Waals surface area contributed by atoms with Gasteiger partial charge in [0, 0.05) is 37.4 Å². The Balaban J connectivity index is 2.14. The molecule has 0 saturated carbocycles. The molecule has 1 aromatic heterocycles. The van der Waals surface area contributed by atoms with Crippen LogP contribution in [0, 0.1) is 0 Å². The minimum atomic E-state index is -0.0975. The Morgan fingerprint density at radius 1 is 1.47 bits per heavy atom. The molecule has 1 unspecified atom stereocenters. The van der Waals surface area contributed by atoms with E-state index in [1.54, 1.807) is 0 Å². The van der Waals surface area contributed by atoms with Gasteiger partial charge in [0.1, 0.15) is 0 Å². The maximum atomic E-state index is 5.99. The van der Waals surface area contributed by atoms with Crippen LogP contribution in [0.5, 0.6) is 0 Å². The molecule has 2 N–H and O–H groups in total. The highest BCUT2D eigenvalue weighted by molar-refractivity contribution is 5.12. The Morgan fingerprint density at radius 2 is 2.21 bits per heavy atom. The Bertz CT molecular complexity index is 413. The molecule has 0 aromatic carbocycles. The molecule has 1 saturated heterocycles. The second-order valence-electron chi connectivity index (χ2n) is 6.18. The van der Waals surface area contributed by atoms with E-state index in [9.17, 15) is 0 Å². The van der Waals surface area contributed by atoms with Crippen LogP contribution in [-0.2, 0) is 4.74 Å². The van der Waals surface area contributed by atoms with E-state index in [0.717, 1.165) is 19.7 Å². The van der Waals surface area contributed by atoms with E-state index in [-0.39, 0.29) is 11.6 Å². The van der Waals surface area contributed by atoms with Crippen LogP contribution >= 0.6 is 0 Å². The van der Waals surface area contributed by atoms with E-state index in [1.165, 1.54) is 5.56 Å². The number of hydrogen-bond donors (Lipinski definition) is 1. The largest absolute Gasteiger partial charge is 0.373 e. The maximum Gasteiger partial charge on any atom is 0.0753 e. The average Bonchev–Trinajstić information content (AvgIpc) is 2.78. The van der Waals surface area contributed by atoms with Crippen LogP contribution in [0.25, 0.3) is 0 Å². The lowest BCUT2D eigenvalue weighted by molar-refractivity contribution is -0.0967. The molecule has 5 nitrogen and oxygen atoms in total. The third-order valence-electron chi connectivity index (χ3n) is 3.65. The van der Waals surface area contributed by atoms with Gasteiger partial charge in [0.2, 0.25) is 0 Å². The number of nitrogens with two attached hydrogens (primary N) is 1. The van der Waals surface area contributed by atoms with Crippen LogP contribution in [0.15, 0.2) is 12.4 Å². The van der Waals surface area contributed by atoms with Gasteiger partial charge in [0.05, 0.1) is 24.4 Å². The van der Waals surface area contributed by atoms with E-state index in [0.29, 0.717) is 12.6 Å². The summed E-state index contributed by atoms with van der Waals surface area (Å²) in [5.41, 5.74) is 7.10. The predicted octanol–water partition coefficient (Wildman–Crippen LogP) is 1.57. The van der Waals surface area contributed by atoms with Crippen LogP contribution in [-0.4, -0.2) is 46.5 Å². The second kappa shape index (κ2) is 5.61. The summed E-state index contributed by atoms with van der Waals surface area (Å²) in [6, 6.07) is 0.615. The topological polar surface area (TPSA) is 56.3 Å². The molecule has 0 bridgehead atoms. The fraction of sp³-hybridized carbons (Fsp3) is 0.786. The first-order chi connectivity index (χ1) is 8.93. The third kappa shape index (κ3) is 3.35. The molecule has 1 aromatic rings. The zero-order valence-corrected chi connectivity index (χ0v) is 12.5. The summed E-state index contributed by atoms with van der Waals surface area (Å²) in [6.07, 6.45) is 4.06. The first-order valence-corrected chi connectivity index (χ1v) is 7.05. The smallest absolute Gasteiger partial charge is 0.0753 e. The van der Waals surface area contributed by atoms with Crippen LogP contribution in [0.4, 0.5) is 0 Å². The normalized spacial score (nSPS) is 21.8. The van der Waals surface area contributed by atoms with Crippen molar-refractivity contribution in [1.82, 2.24) is 14.7 Å². The van der Waals surface area contributed by atoms with Crippen LogP contribution < -0.4 is 5.73 Å². The lowest BCUT2D eigenvalue weighted by Crippen LogP contribution is -2.50. The molecule has 0 spiro atoms. The molecule has 0 aliphatic carbocycles. The van der Waals surface area contributed by atoms with E-state index in [4.69, 9.17) is 10.5 Å². The Hall–Kier alpha value is -0.910. The Morgan fingerprint density at radius 3 is 2.74 bits per heavy atom. The molecule has 0 radical (unpaired) electrons.